The van der Waals surface area contributed by atoms with E-state index in [1.165, 1.54) is 0 Å². The molecule has 2 aromatic rings. The Kier molecular flexibility index (Phi) is 3.64. The molecule has 0 saturated carbocycles. The molecule has 0 fully saturated rings. The molecule has 0 aliphatic carbocycles. The average Bonchev–Trinajstić information content (AvgIpc) is 2.46. The molecule has 1 aromatic heterocycles. The highest BCUT2D eigenvalue weighted by Gasteiger charge is 2.43. The predicted molar refractivity (Wildman–Crippen MR) is 80.9 cm³/mol. The van der Waals surface area contributed by atoms with Gasteiger partial charge in [0.15, 0.2) is 0 Å². The Bertz CT molecular complexity index is 698. The lowest BCUT2D eigenvalue weighted by Gasteiger charge is -2.27. The third kappa shape index (κ3) is 2.90. The molecule has 21 heavy (non-hydrogen) atoms. The first-order valence-corrected chi connectivity index (χ1v) is 7.19. The molecule has 0 bridgehead atoms. The maximum Gasteiger partial charge on any atom is 0.429 e. The topological polar surface area (TPSA) is 22.1 Å². The first-order valence-electron chi connectivity index (χ1n) is 6.11. The van der Waals surface area contributed by atoms with E-state index in [0.717, 1.165) is 9.65 Å². The Balaban J connectivity index is 2.17. The fourth-order valence-electron chi connectivity index (χ4n) is 2.13. The summed E-state index contributed by atoms with van der Waals surface area (Å²) in [6.07, 6.45) is -3.77. The average molecular weight is 403 g/mol. The van der Waals surface area contributed by atoms with Gasteiger partial charge < -0.3 is 4.74 Å². The van der Waals surface area contributed by atoms with Crippen LogP contribution < -0.4 is 4.74 Å². The van der Waals surface area contributed by atoms with Gasteiger partial charge in [-0.15, -0.1) is 0 Å². The number of ether oxygens (including phenoxy) is 1. The van der Waals surface area contributed by atoms with Gasteiger partial charge in [0.25, 0.3) is 0 Å². The number of fused-ring (bicyclic) bond motifs is 1. The lowest BCUT2D eigenvalue weighted by Crippen LogP contribution is -2.34. The second-order valence-corrected chi connectivity index (χ2v) is 5.76. The molecular weight excluding hydrogens is 394 g/mol. The van der Waals surface area contributed by atoms with Crippen LogP contribution in [-0.2, 0) is 0 Å². The van der Waals surface area contributed by atoms with Crippen molar-refractivity contribution in [3.63, 3.8) is 0 Å². The maximum atomic E-state index is 13.0. The molecule has 0 spiro atoms. The summed E-state index contributed by atoms with van der Waals surface area (Å²) in [5.41, 5.74) is 1.57. The summed E-state index contributed by atoms with van der Waals surface area (Å²) >= 11 is 2.11. The first kappa shape index (κ1) is 14.4. The minimum atomic E-state index is -4.46. The van der Waals surface area contributed by atoms with Crippen molar-refractivity contribution < 1.29 is 17.9 Å². The molecular formula is C15H9F3INO. The van der Waals surface area contributed by atoms with E-state index in [1.54, 1.807) is 42.6 Å². The van der Waals surface area contributed by atoms with Crippen LogP contribution in [0.5, 0.6) is 5.75 Å². The monoisotopic (exact) mass is 403 g/mol. The van der Waals surface area contributed by atoms with Crippen LogP contribution in [0.2, 0.25) is 0 Å². The van der Waals surface area contributed by atoms with Crippen molar-refractivity contribution in [1.82, 2.24) is 4.98 Å². The van der Waals surface area contributed by atoms with E-state index in [-0.39, 0.29) is 5.75 Å². The van der Waals surface area contributed by atoms with Gasteiger partial charge in [0.05, 0.1) is 5.69 Å². The van der Waals surface area contributed by atoms with Crippen LogP contribution in [0.4, 0.5) is 13.2 Å². The molecule has 6 heteroatoms. The van der Waals surface area contributed by atoms with Gasteiger partial charge in [0.2, 0.25) is 6.10 Å². The van der Waals surface area contributed by atoms with Crippen molar-refractivity contribution in [2.45, 2.75) is 12.3 Å². The number of alkyl halides is 3. The molecule has 3 rings (SSSR count). The summed E-state index contributed by atoms with van der Waals surface area (Å²) < 4.78 is 45.0. The minimum Gasteiger partial charge on any atom is -0.476 e. The van der Waals surface area contributed by atoms with Crippen LogP contribution >= 0.6 is 22.6 Å². The third-order valence-electron chi connectivity index (χ3n) is 3.07. The third-order valence-corrected chi connectivity index (χ3v) is 3.74. The van der Waals surface area contributed by atoms with Gasteiger partial charge in [-0.3, -0.25) is 4.98 Å². The molecule has 1 aliphatic rings. The number of halogens is 4. The number of aromatic nitrogens is 1. The molecule has 2 heterocycles. The molecule has 1 atom stereocenters. The van der Waals surface area contributed by atoms with Crippen molar-refractivity contribution in [1.29, 1.82) is 0 Å². The second-order valence-electron chi connectivity index (χ2n) is 4.52. The van der Waals surface area contributed by atoms with E-state index in [1.807, 2.05) is 0 Å². The molecule has 0 N–H and O–H groups in total. The fourth-order valence-corrected chi connectivity index (χ4v) is 2.63. The Morgan fingerprint density at radius 3 is 2.62 bits per heavy atom. The smallest absolute Gasteiger partial charge is 0.429 e. The zero-order valence-electron chi connectivity index (χ0n) is 10.6. The zero-order chi connectivity index (χ0) is 15.0. The minimum absolute atomic E-state index is 0.223. The predicted octanol–water partition coefficient (Wildman–Crippen LogP) is 4.44. The van der Waals surface area contributed by atoms with Crippen LogP contribution in [0, 0.1) is 3.57 Å². The standard InChI is InChI=1S/C15H9F3INO/c16-15(17,18)14-8-10(12-3-1-2-6-20-12)11-7-9(19)4-5-13(11)21-14/h1-8,14H. The van der Waals surface area contributed by atoms with Gasteiger partial charge in [-0.1, -0.05) is 6.07 Å². The Labute approximate surface area is 132 Å². The van der Waals surface area contributed by atoms with Gasteiger partial charge in [-0.25, -0.2) is 0 Å². The SMILES string of the molecule is FC(F)(F)C1C=C(c2ccccn2)c2cc(I)ccc2O1. The van der Waals surface area contributed by atoms with E-state index in [9.17, 15) is 13.2 Å². The van der Waals surface area contributed by atoms with Gasteiger partial charge in [-0.05, 0) is 59.0 Å². The summed E-state index contributed by atoms with van der Waals surface area (Å²) in [6.45, 7) is 0. The quantitative estimate of drug-likeness (QED) is 0.657. The van der Waals surface area contributed by atoms with Gasteiger partial charge in [0.1, 0.15) is 5.75 Å². The normalized spacial score (nSPS) is 17.7. The number of nitrogens with zero attached hydrogens (tertiary/aromatic N) is 1. The van der Waals surface area contributed by atoms with E-state index in [2.05, 4.69) is 27.6 Å². The Morgan fingerprint density at radius 1 is 1.14 bits per heavy atom. The second kappa shape index (κ2) is 5.32. The highest BCUT2D eigenvalue weighted by atomic mass is 127. The summed E-state index contributed by atoms with van der Waals surface area (Å²) in [5, 5.41) is 0. The molecule has 0 saturated heterocycles. The van der Waals surface area contributed by atoms with Crippen molar-refractivity contribution in [3.05, 3.63) is 63.5 Å². The summed E-state index contributed by atoms with van der Waals surface area (Å²) in [4.78, 5) is 4.15. The maximum absolute atomic E-state index is 13.0. The van der Waals surface area contributed by atoms with Crippen LogP contribution in [0.1, 0.15) is 11.3 Å². The molecule has 108 valence electrons. The largest absolute Gasteiger partial charge is 0.476 e. The molecule has 1 aromatic carbocycles. The first-order chi connectivity index (χ1) is 9.95. The molecule has 2 nitrogen and oxygen atoms in total. The van der Waals surface area contributed by atoms with Crippen LogP contribution in [0.3, 0.4) is 0 Å². The van der Waals surface area contributed by atoms with Crippen molar-refractivity contribution >= 4 is 28.2 Å². The summed E-state index contributed by atoms with van der Waals surface area (Å²) in [6, 6.07) is 10.2. The highest BCUT2D eigenvalue weighted by Crippen LogP contribution is 2.40. The van der Waals surface area contributed by atoms with Crippen molar-refractivity contribution in [2.24, 2.45) is 0 Å². The van der Waals surface area contributed by atoms with Crippen LogP contribution in [0.15, 0.2) is 48.7 Å². The van der Waals surface area contributed by atoms with Crippen LogP contribution in [-0.4, -0.2) is 17.3 Å². The molecule has 0 radical (unpaired) electrons. The molecule has 1 unspecified atom stereocenters. The van der Waals surface area contributed by atoms with Gasteiger partial charge >= 0.3 is 6.18 Å². The molecule has 1 aliphatic heterocycles. The number of rotatable bonds is 1. The number of pyridine rings is 1. The lowest BCUT2D eigenvalue weighted by atomic mass is 9.97. The molecule has 0 amide bonds. The van der Waals surface area contributed by atoms with Gasteiger partial charge in [-0.2, -0.15) is 13.2 Å². The fraction of sp³-hybridized carbons (Fsp3) is 0.133. The number of benzene rings is 1. The van der Waals surface area contributed by atoms with E-state index < -0.39 is 12.3 Å². The number of hydrogen-bond donors (Lipinski definition) is 0. The summed E-state index contributed by atoms with van der Waals surface area (Å²) in [7, 11) is 0. The van der Waals surface area contributed by atoms with Crippen LogP contribution in [0.25, 0.3) is 5.57 Å². The number of hydrogen-bond acceptors (Lipinski definition) is 2. The van der Waals surface area contributed by atoms with Gasteiger partial charge in [0, 0.05) is 20.9 Å². The van der Waals surface area contributed by atoms with Crippen molar-refractivity contribution in [3.8, 4) is 5.75 Å². The van der Waals surface area contributed by atoms with E-state index >= 15 is 0 Å². The highest BCUT2D eigenvalue weighted by molar-refractivity contribution is 14.1. The lowest BCUT2D eigenvalue weighted by molar-refractivity contribution is -0.180. The zero-order valence-corrected chi connectivity index (χ0v) is 12.7. The van der Waals surface area contributed by atoms with E-state index in [0.29, 0.717) is 16.8 Å². The van der Waals surface area contributed by atoms with E-state index in [4.69, 9.17) is 4.74 Å². The van der Waals surface area contributed by atoms with Crippen molar-refractivity contribution in [2.75, 3.05) is 0 Å². The summed E-state index contributed by atoms with van der Waals surface area (Å²) in [5.74, 6) is 0.223. The Hall–Kier alpha value is -1.57. The Morgan fingerprint density at radius 2 is 1.95 bits per heavy atom.